The first-order chi connectivity index (χ1) is 13.2. The standard InChI is InChI=1S/C22H25N3O2/c1-2-18-10-12-19(13-11-18)17-25-21(14-15-23-25)24-22(26)9-6-16-27-20-7-4-3-5-8-20/h3-5,7-8,10-15H,2,6,9,16-17H2,1H3,(H,24,26). The van der Waals surface area contributed by atoms with Crippen LogP contribution < -0.4 is 10.1 Å². The number of ether oxygens (including phenoxy) is 1. The van der Waals surface area contributed by atoms with Gasteiger partial charge in [-0.15, -0.1) is 0 Å². The minimum absolute atomic E-state index is 0.0326. The van der Waals surface area contributed by atoms with Crippen LogP contribution in [-0.2, 0) is 17.8 Å². The number of carbonyl (C=O) groups excluding carboxylic acids is 1. The molecule has 0 atom stereocenters. The second-order valence-corrected chi connectivity index (χ2v) is 6.36. The highest BCUT2D eigenvalue weighted by Gasteiger charge is 2.08. The Hall–Kier alpha value is -3.08. The number of nitrogens with zero attached hydrogens (tertiary/aromatic N) is 2. The second kappa shape index (κ2) is 9.57. The molecule has 0 fully saturated rings. The van der Waals surface area contributed by atoms with Gasteiger partial charge in [0.15, 0.2) is 0 Å². The fourth-order valence-corrected chi connectivity index (χ4v) is 2.76. The van der Waals surface area contributed by atoms with Crippen LogP contribution in [0.5, 0.6) is 5.75 Å². The Balaban J connectivity index is 1.46. The largest absolute Gasteiger partial charge is 0.494 e. The molecule has 5 heteroatoms. The Labute approximate surface area is 160 Å². The number of nitrogens with one attached hydrogen (secondary N) is 1. The van der Waals surface area contributed by atoms with Crippen molar-refractivity contribution in [2.45, 2.75) is 32.7 Å². The fraction of sp³-hybridized carbons (Fsp3) is 0.273. The Morgan fingerprint density at radius 3 is 2.52 bits per heavy atom. The topological polar surface area (TPSA) is 56.2 Å². The maximum Gasteiger partial charge on any atom is 0.225 e. The molecule has 1 amide bonds. The molecule has 0 saturated carbocycles. The lowest BCUT2D eigenvalue weighted by molar-refractivity contribution is -0.116. The Morgan fingerprint density at radius 1 is 1.04 bits per heavy atom. The van der Waals surface area contributed by atoms with E-state index in [-0.39, 0.29) is 5.91 Å². The quantitative estimate of drug-likeness (QED) is 0.577. The van der Waals surface area contributed by atoms with Gasteiger partial charge in [0, 0.05) is 12.5 Å². The van der Waals surface area contributed by atoms with Crippen molar-refractivity contribution in [3.05, 3.63) is 78.0 Å². The van der Waals surface area contributed by atoms with Gasteiger partial charge in [-0.2, -0.15) is 5.10 Å². The molecule has 2 aromatic carbocycles. The molecule has 5 nitrogen and oxygen atoms in total. The van der Waals surface area contributed by atoms with Crippen molar-refractivity contribution in [1.29, 1.82) is 0 Å². The van der Waals surface area contributed by atoms with E-state index in [9.17, 15) is 4.79 Å². The molecule has 1 N–H and O–H groups in total. The van der Waals surface area contributed by atoms with Crippen LogP contribution in [0.1, 0.15) is 30.9 Å². The average Bonchev–Trinajstić information content (AvgIpc) is 3.13. The lowest BCUT2D eigenvalue weighted by Gasteiger charge is -2.10. The highest BCUT2D eigenvalue weighted by molar-refractivity contribution is 5.89. The number of anilines is 1. The van der Waals surface area contributed by atoms with Gasteiger partial charge in [0.2, 0.25) is 5.91 Å². The number of aryl methyl sites for hydroxylation is 1. The SMILES string of the molecule is CCc1ccc(Cn2nccc2NC(=O)CCCOc2ccccc2)cc1. The van der Waals surface area contributed by atoms with E-state index in [0.29, 0.717) is 31.8 Å². The summed E-state index contributed by atoms with van der Waals surface area (Å²) in [5.41, 5.74) is 2.47. The van der Waals surface area contributed by atoms with E-state index in [2.05, 4.69) is 41.6 Å². The van der Waals surface area contributed by atoms with E-state index < -0.39 is 0 Å². The molecule has 1 heterocycles. The van der Waals surface area contributed by atoms with E-state index >= 15 is 0 Å². The van der Waals surface area contributed by atoms with E-state index in [4.69, 9.17) is 4.74 Å². The Morgan fingerprint density at radius 2 is 1.78 bits per heavy atom. The van der Waals surface area contributed by atoms with Crippen LogP contribution in [-0.4, -0.2) is 22.3 Å². The molecule has 0 aliphatic heterocycles. The molecule has 0 saturated heterocycles. The fourth-order valence-electron chi connectivity index (χ4n) is 2.76. The van der Waals surface area contributed by atoms with Gasteiger partial charge in [0.1, 0.15) is 11.6 Å². The smallest absolute Gasteiger partial charge is 0.225 e. The van der Waals surface area contributed by atoms with Crippen molar-refractivity contribution in [1.82, 2.24) is 9.78 Å². The molecule has 1 aromatic heterocycles. The molecule has 0 spiro atoms. The molecular weight excluding hydrogens is 338 g/mol. The van der Waals surface area contributed by atoms with Crippen LogP contribution in [0.2, 0.25) is 0 Å². The predicted molar refractivity (Wildman–Crippen MR) is 107 cm³/mol. The van der Waals surface area contributed by atoms with E-state index in [1.807, 2.05) is 36.4 Å². The van der Waals surface area contributed by atoms with Gasteiger partial charge in [0.25, 0.3) is 0 Å². The molecule has 140 valence electrons. The zero-order chi connectivity index (χ0) is 18.9. The summed E-state index contributed by atoms with van der Waals surface area (Å²) in [7, 11) is 0. The zero-order valence-electron chi connectivity index (χ0n) is 15.6. The summed E-state index contributed by atoms with van der Waals surface area (Å²) >= 11 is 0. The van der Waals surface area contributed by atoms with Crippen molar-refractivity contribution in [3.63, 3.8) is 0 Å². The van der Waals surface area contributed by atoms with Crippen molar-refractivity contribution < 1.29 is 9.53 Å². The minimum atomic E-state index is -0.0326. The van der Waals surface area contributed by atoms with Gasteiger partial charge >= 0.3 is 0 Å². The van der Waals surface area contributed by atoms with Crippen LogP contribution in [0.25, 0.3) is 0 Å². The van der Waals surface area contributed by atoms with Crippen molar-refractivity contribution >= 4 is 11.7 Å². The highest BCUT2D eigenvalue weighted by atomic mass is 16.5. The molecule has 3 rings (SSSR count). The summed E-state index contributed by atoms with van der Waals surface area (Å²) in [6.45, 7) is 3.28. The van der Waals surface area contributed by atoms with Gasteiger partial charge in [-0.25, -0.2) is 4.68 Å². The van der Waals surface area contributed by atoms with Gasteiger partial charge < -0.3 is 10.1 Å². The summed E-state index contributed by atoms with van der Waals surface area (Å²) in [6.07, 6.45) is 3.79. The van der Waals surface area contributed by atoms with Crippen LogP contribution in [0.3, 0.4) is 0 Å². The first-order valence-electron chi connectivity index (χ1n) is 9.32. The van der Waals surface area contributed by atoms with E-state index in [1.54, 1.807) is 10.9 Å². The number of rotatable bonds is 9. The van der Waals surface area contributed by atoms with Crippen LogP contribution in [0, 0.1) is 0 Å². The predicted octanol–water partition coefficient (Wildman–Crippen LogP) is 4.29. The van der Waals surface area contributed by atoms with E-state index in [0.717, 1.165) is 17.7 Å². The lowest BCUT2D eigenvalue weighted by Crippen LogP contribution is -2.16. The van der Waals surface area contributed by atoms with Crippen LogP contribution in [0.15, 0.2) is 66.9 Å². The lowest BCUT2D eigenvalue weighted by atomic mass is 10.1. The van der Waals surface area contributed by atoms with Gasteiger partial charge in [0.05, 0.1) is 19.3 Å². The Bertz CT molecular complexity index is 842. The molecule has 0 unspecified atom stereocenters. The van der Waals surface area contributed by atoms with Gasteiger partial charge in [-0.3, -0.25) is 4.79 Å². The van der Waals surface area contributed by atoms with Crippen molar-refractivity contribution in [2.75, 3.05) is 11.9 Å². The molecular formula is C22H25N3O2. The van der Waals surface area contributed by atoms with Crippen LogP contribution >= 0.6 is 0 Å². The maximum absolute atomic E-state index is 12.2. The summed E-state index contributed by atoms with van der Waals surface area (Å²) in [5.74, 6) is 1.50. The molecule has 0 radical (unpaired) electrons. The number of amides is 1. The second-order valence-electron chi connectivity index (χ2n) is 6.36. The number of benzene rings is 2. The molecule has 27 heavy (non-hydrogen) atoms. The van der Waals surface area contributed by atoms with Gasteiger partial charge in [-0.05, 0) is 36.1 Å². The van der Waals surface area contributed by atoms with Crippen molar-refractivity contribution in [3.8, 4) is 5.75 Å². The number of para-hydroxylation sites is 1. The third kappa shape index (κ3) is 5.71. The number of aromatic nitrogens is 2. The number of carbonyl (C=O) groups is 1. The number of hydrogen-bond donors (Lipinski definition) is 1. The maximum atomic E-state index is 12.2. The third-order valence-corrected chi connectivity index (χ3v) is 4.31. The summed E-state index contributed by atoms with van der Waals surface area (Å²) in [6, 6.07) is 19.9. The molecule has 0 aliphatic rings. The monoisotopic (exact) mass is 363 g/mol. The van der Waals surface area contributed by atoms with Gasteiger partial charge in [-0.1, -0.05) is 49.4 Å². The summed E-state index contributed by atoms with van der Waals surface area (Å²) < 4.78 is 7.42. The summed E-state index contributed by atoms with van der Waals surface area (Å²) in [4.78, 5) is 12.2. The molecule has 3 aromatic rings. The molecule has 0 bridgehead atoms. The first-order valence-corrected chi connectivity index (χ1v) is 9.32. The normalized spacial score (nSPS) is 10.6. The number of hydrogen-bond acceptors (Lipinski definition) is 3. The first kappa shape index (κ1) is 18.7. The van der Waals surface area contributed by atoms with E-state index in [1.165, 1.54) is 5.56 Å². The minimum Gasteiger partial charge on any atom is -0.494 e. The summed E-state index contributed by atoms with van der Waals surface area (Å²) in [5, 5.41) is 7.26. The highest BCUT2D eigenvalue weighted by Crippen LogP contribution is 2.13. The van der Waals surface area contributed by atoms with Crippen LogP contribution in [0.4, 0.5) is 5.82 Å². The third-order valence-electron chi connectivity index (χ3n) is 4.31. The zero-order valence-corrected chi connectivity index (χ0v) is 15.6. The molecule has 0 aliphatic carbocycles. The van der Waals surface area contributed by atoms with Crippen molar-refractivity contribution in [2.24, 2.45) is 0 Å². The average molecular weight is 363 g/mol. The Kier molecular flexibility index (Phi) is 6.63.